The normalized spacial score (nSPS) is 12.1. The van der Waals surface area contributed by atoms with Crippen molar-refractivity contribution in [2.24, 2.45) is 0 Å². The summed E-state index contributed by atoms with van der Waals surface area (Å²) < 4.78 is 59.1. The molecule has 168 valence electrons. The second-order valence-corrected chi connectivity index (χ2v) is 8.87. The lowest BCUT2D eigenvalue weighted by Crippen LogP contribution is -2.41. The summed E-state index contributed by atoms with van der Waals surface area (Å²) in [4.78, 5) is 12.6. The molecule has 3 aromatic rings. The number of hydrogen-bond acceptors (Lipinski definition) is 4. The van der Waals surface area contributed by atoms with Gasteiger partial charge in [-0.05, 0) is 73.2 Å². The summed E-state index contributed by atoms with van der Waals surface area (Å²) in [5.74, 6) is -1.04. The fraction of sp³-hybridized carbons (Fsp3) is 0.174. The zero-order chi connectivity index (χ0) is 23.3. The average molecular weight is 461 g/mol. The van der Waals surface area contributed by atoms with Crippen molar-refractivity contribution in [3.05, 3.63) is 90.0 Å². The van der Waals surface area contributed by atoms with Gasteiger partial charge >= 0.3 is 0 Å². The molecular formula is C23H22F2N2O4S. The molecule has 0 aliphatic carbocycles. The maximum Gasteiger partial charge on any atom is 0.264 e. The van der Waals surface area contributed by atoms with Gasteiger partial charge in [-0.15, -0.1) is 0 Å². The largest absolute Gasteiger partial charge is 0.497 e. The van der Waals surface area contributed by atoms with Crippen LogP contribution >= 0.6 is 0 Å². The van der Waals surface area contributed by atoms with Crippen LogP contribution in [0.25, 0.3) is 0 Å². The SMILES string of the molecule is COc1ccc(C(C)NC(=O)CN(c2ccc(F)cc2)S(=O)(=O)c2ccc(F)cc2)cc1. The van der Waals surface area contributed by atoms with Crippen molar-refractivity contribution in [3.63, 3.8) is 0 Å². The monoisotopic (exact) mass is 460 g/mol. The summed E-state index contributed by atoms with van der Waals surface area (Å²) in [7, 11) is -2.67. The molecule has 6 nitrogen and oxygen atoms in total. The van der Waals surface area contributed by atoms with Crippen molar-refractivity contribution in [1.82, 2.24) is 5.32 Å². The van der Waals surface area contributed by atoms with E-state index in [-0.39, 0.29) is 10.6 Å². The maximum atomic E-state index is 13.4. The summed E-state index contributed by atoms with van der Waals surface area (Å²) in [6.45, 7) is 1.21. The van der Waals surface area contributed by atoms with Crippen molar-refractivity contribution >= 4 is 21.6 Å². The van der Waals surface area contributed by atoms with Crippen LogP contribution in [0.4, 0.5) is 14.5 Å². The number of amides is 1. The number of hydrogen-bond donors (Lipinski definition) is 1. The lowest BCUT2D eigenvalue weighted by Gasteiger charge is -2.25. The van der Waals surface area contributed by atoms with Gasteiger partial charge in [0.05, 0.1) is 23.7 Å². The standard InChI is InChI=1S/C23H22F2N2O4S/c1-16(17-3-11-21(31-2)12-4-17)26-23(28)15-27(20-9-5-18(24)6-10-20)32(29,30)22-13-7-19(25)8-14-22/h3-14,16H,15H2,1-2H3,(H,26,28). The van der Waals surface area contributed by atoms with Crippen LogP contribution in [0.15, 0.2) is 77.7 Å². The molecule has 3 aromatic carbocycles. The molecule has 1 N–H and O–H groups in total. The van der Waals surface area contributed by atoms with Gasteiger partial charge in [0, 0.05) is 0 Å². The van der Waals surface area contributed by atoms with Gasteiger partial charge in [0.2, 0.25) is 5.91 Å². The molecule has 0 heterocycles. The minimum absolute atomic E-state index is 0.1000. The molecule has 0 aliphatic rings. The third-order valence-corrected chi connectivity index (χ3v) is 6.58. The molecule has 3 rings (SSSR count). The Labute approximate surface area is 185 Å². The second kappa shape index (κ2) is 9.78. The number of methoxy groups -OCH3 is 1. The first-order chi connectivity index (χ1) is 15.2. The van der Waals surface area contributed by atoms with Gasteiger partial charge in [0.1, 0.15) is 23.9 Å². The van der Waals surface area contributed by atoms with E-state index in [0.29, 0.717) is 5.75 Å². The van der Waals surface area contributed by atoms with Gasteiger partial charge in [-0.1, -0.05) is 12.1 Å². The first-order valence-corrected chi connectivity index (χ1v) is 11.1. The smallest absolute Gasteiger partial charge is 0.264 e. The number of nitrogens with one attached hydrogen (secondary N) is 1. The number of carbonyl (C=O) groups excluding carboxylic acids is 1. The van der Waals surface area contributed by atoms with Gasteiger partial charge in [-0.2, -0.15) is 0 Å². The quantitative estimate of drug-likeness (QED) is 0.550. The van der Waals surface area contributed by atoms with Crippen molar-refractivity contribution < 1.29 is 26.7 Å². The predicted molar refractivity (Wildman–Crippen MR) is 117 cm³/mol. The zero-order valence-electron chi connectivity index (χ0n) is 17.5. The fourth-order valence-corrected chi connectivity index (χ4v) is 4.47. The van der Waals surface area contributed by atoms with Crippen LogP contribution in [-0.4, -0.2) is 28.0 Å². The Morgan fingerprint density at radius 3 is 2.00 bits per heavy atom. The Bertz CT molecular complexity index is 1170. The molecule has 0 saturated carbocycles. The Morgan fingerprint density at radius 1 is 0.938 bits per heavy atom. The van der Waals surface area contributed by atoms with Gasteiger partial charge in [-0.25, -0.2) is 17.2 Å². The van der Waals surface area contributed by atoms with Gasteiger partial charge in [0.25, 0.3) is 10.0 Å². The molecule has 0 spiro atoms. The number of nitrogens with zero attached hydrogens (tertiary/aromatic N) is 1. The van der Waals surface area contributed by atoms with Crippen LogP contribution in [0.2, 0.25) is 0 Å². The highest BCUT2D eigenvalue weighted by molar-refractivity contribution is 7.92. The van der Waals surface area contributed by atoms with Crippen LogP contribution in [0.1, 0.15) is 18.5 Å². The lowest BCUT2D eigenvalue weighted by atomic mass is 10.1. The number of sulfonamides is 1. The van der Waals surface area contributed by atoms with Gasteiger partial charge < -0.3 is 10.1 Å². The first-order valence-electron chi connectivity index (χ1n) is 9.68. The maximum absolute atomic E-state index is 13.4. The predicted octanol–water partition coefficient (Wildman–Crippen LogP) is 4.05. The number of ether oxygens (including phenoxy) is 1. The number of anilines is 1. The molecule has 1 atom stereocenters. The molecule has 32 heavy (non-hydrogen) atoms. The highest BCUT2D eigenvalue weighted by atomic mass is 32.2. The summed E-state index contributed by atoms with van der Waals surface area (Å²) in [5, 5.41) is 2.76. The molecule has 0 fully saturated rings. The molecule has 1 unspecified atom stereocenters. The number of halogens is 2. The molecule has 0 bridgehead atoms. The Kier molecular flexibility index (Phi) is 7.09. The second-order valence-electron chi connectivity index (χ2n) is 7.00. The van der Waals surface area contributed by atoms with E-state index in [2.05, 4.69) is 5.32 Å². The number of carbonyl (C=O) groups is 1. The van der Waals surface area contributed by atoms with E-state index >= 15 is 0 Å². The average Bonchev–Trinajstić information content (AvgIpc) is 2.78. The topological polar surface area (TPSA) is 75.7 Å². The molecule has 0 saturated heterocycles. The zero-order valence-corrected chi connectivity index (χ0v) is 18.3. The van der Waals surface area contributed by atoms with E-state index in [1.807, 2.05) is 0 Å². The van der Waals surface area contributed by atoms with Crippen molar-refractivity contribution in [3.8, 4) is 5.75 Å². The summed E-state index contributed by atoms with van der Waals surface area (Å²) in [6.07, 6.45) is 0. The fourth-order valence-electron chi connectivity index (χ4n) is 3.05. The summed E-state index contributed by atoms with van der Waals surface area (Å²) in [5.41, 5.74) is 0.900. The van der Waals surface area contributed by atoms with E-state index in [1.165, 1.54) is 12.1 Å². The number of benzene rings is 3. The molecule has 1 amide bonds. The van der Waals surface area contributed by atoms with Gasteiger partial charge in [0.15, 0.2) is 0 Å². The van der Waals surface area contributed by atoms with Crippen molar-refractivity contribution in [1.29, 1.82) is 0 Å². The van der Waals surface area contributed by atoms with E-state index in [9.17, 15) is 22.0 Å². The van der Waals surface area contributed by atoms with Crippen LogP contribution in [0, 0.1) is 11.6 Å². The molecule has 0 aromatic heterocycles. The molecule has 9 heteroatoms. The highest BCUT2D eigenvalue weighted by Gasteiger charge is 2.28. The first kappa shape index (κ1) is 23.2. The van der Waals surface area contributed by atoms with E-state index in [4.69, 9.17) is 4.74 Å². The van der Waals surface area contributed by atoms with E-state index in [1.54, 1.807) is 38.3 Å². The highest BCUT2D eigenvalue weighted by Crippen LogP contribution is 2.24. The minimum atomic E-state index is -4.22. The third kappa shape index (κ3) is 5.42. The van der Waals surface area contributed by atoms with Crippen molar-refractivity contribution in [2.75, 3.05) is 18.0 Å². The minimum Gasteiger partial charge on any atom is -0.497 e. The van der Waals surface area contributed by atoms with Crippen LogP contribution in [-0.2, 0) is 14.8 Å². The van der Waals surface area contributed by atoms with Crippen LogP contribution in [0.3, 0.4) is 0 Å². The Morgan fingerprint density at radius 2 is 1.47 bits per heavy atom. The number of rotatable bonds is 8. The van der Waals surface area contributed by atoms with E-state index < -0.39 is 40.2 Å². The third-order valence-electron chi connectivity index (χ3n) is 4.80. The molecular weight excluding hydrogens is 438 g/mol. The van der Waals surface area contributed by atoms with Crippen LogP contribution in [0.5, 0.6) is 5.75 Å². The lowest BCUT2D eigenvalue weighted by molar-refractivity contribution is -0.120. The van der Waals surface area contributed by atoms with Crippen molar-refractivity contribution in [2.45, 2.75) is 17.9 Å². The Balaban J connectivity index is 1.85. The van der Waals surface area contributed by atoms with E-state index in [0.717, 1.165) is 46.3 Å². The molecule has 0 aliphatic heterocycles. The molecule has 0 radical (unpaired) electrons. The summed E-state index contributed by atoms with van der Waals surface area (Å²) in [6, 6.07) is 15.6. The Hall–Kier alpha value is -3.46. The van der Waals surface area contributed by atoms with Gasteiger partial charge in [-0.3, -0.25) is 9.10 Å². The summed E-state index contributed by atoms with van der Waals surface area (Å²) >= 11 is 0. The van der Waals surface area contributed by atoms with Crippen LogP contribution < -0.4 is 14.4 Å².